The van der Waals surface area contributed by atoms with E-state index >= 15 is 0 Å². The van der Waals surface area contributed by atoms with E-state index in [9.17, 15) is 9.59 Å². The van der Waals surface area contributed by atoms with Crippen LogP contribution in [0.2, 0.25) is 0 Å². The number of amides is 2. The van der Waals surface area contributed by atoms with Gasteiger partial charge in [-0.2, -0.15) is 0 Å². The first-order chi connectivity index (χ1) is 12.2. The fourth-order valence-corrected chi connectivity index (χ4v) is 6.13. The van der Waals surface area contributed by atoms with Crippen LogP contribution in [0.3, 0.4) is 0 Å². The van der Waals surface area contributed by atoms with E-state index in [0.29, 0.717) is 18.2 Å². The molecule has 134 valence electrons. The van der Waals surface area contributed by atoms with E-state index in [0.717, 1.165) is 43.2 Å². The first-order valence-corrected chi connectivity index (χ1v) is 11.3. The van der Waals surface area contributed by atoms with Crippen molar-refractivity contribution in [3.8, 4) is 0 Å². The predicted octanol–water partition coefficient (Wildman–Crippen LogP) is 2.62. The number of hydrogen-bond donors (Lipinski definition) is 0. The maximum Gasteiger partial charge on any atom is 0.246 e. The third-order valence-electron chi connectivity index (χ3n) is 5.46. The average molecular weight is 377 g/mol. The van der Waals surface area contributed by atoms with Gasteiger partial charge in [0.25, 0.3) is 0 Å². The van der Waals surface area contributed by atoms with Crippen molar-refractivity contribution < 1.29 is 9.59 Å². The van der Waals surface area contributed by atoms with E-state index in [4.69, 9.17) is 0 Å². The van der Waals surface area contributed by atoms with Crippen molar-refractivity contribution in [2.75, 3.05) is 29.8 Å². The van der Waals surface area contributed by atoms with Crippen LogP contribution in [-0.4, -0.2) is 57.5 Å². The van der Waals surface area contributed by atoms with Gasteiger partial charge in [0.2, 0.25) is 11.8 Å². The summed E-state index contributed by atoms with van der Waals surface area (Å²) < 4.78 is 0. The number of benzene rings is 1. The highest BCUT2D eigenvalue weighted by Gasteiger charge is 2.38. The van der Waals surface area contributed by atoms with Crippen molar-refractivity contribution in [1.82, 2.24) is 9.80 Å². The second-order valence-corrected chi connectivity index (χ2v) is 9.17. The molecule has 0 bridgehead atoms. The third-order valence-corrected chi connectivity index (χ3v) is 7.44. The van der Waals surface area contributed by atoms with Crippen LogP contribution in [0.4, 0.5) is 0 Å². The van der Waals surface area contributed by atoms with Crippen molar-refractivity contribution in [1.29, 1.82) is 0 Å². The Labute approximate surface area is 157 Å². The summed E-state index contributed by atoms with van der Waals surface area (Å²) in [6.45, 7) is 0.826. The number of hydrogen-bond acceptors (Lipinski definition) is 4. The van der Waals surface area contributed by atoms with Gasteiger partial charge in [0.1, 0.15) is 6.04 Å². The molecule has 2 atom stereocenters. The van der Waals surface area contributed by atoms with Crippen molar-refractivity contribution in [2.24, 2.45) is 5.92 Å². The molecule has 2 saturated heterocycles. The first-order valence-electron chi connectivity index (χ1n) is 9.03. The minimum absolute atomic E-state index is 0.150. The van der Waals surface area contributed by atoms with Gasteiger partial charge in [-0.15, -0.1) is 23.5 Å². The lowest BCUT2D eigenvalue weighted by molar-refractivity contribution is -0.143. The summed E-state index contributed by atoms with van der Waals surface area (Å²) >= 11 is 3.50. The van der Waals surface area contributed by atoms with E-state index < -0.39 is 0 Å². The molecule has 2 aliphatic heterocycles. The largest absolute Gasteiger partial charge is 0.331 e. The van der Waals surface area contributed by atoms with Crippen LogP contribution in [0.25, 0.3) is 0 Å². The average Bonchev–Trinajstić information content (AvgIpc) is 3.33. The topological polar surface area (TPSA) is 40.6 Å². The molecule has 1 aromatic carbocycles. The number of thioether (sulfide) groups is 2. The SMILES string of the molecule is O=C([C@@H]1CSCN1C(=O)C[C@H]1CCc2ccccc2C1)N1CCSC1. The van der Waals surface area contributed by atoms with Gasteiger partial charge < -0.3 is 9.80 Å². The molecule has 1 aliphatic carbocycles. The Balaban J connectivity index is 1.38. The molecule has 4 rings (SSSR count). The van der Waals surface area contributed by atoms with Crippen LogP contribution in [0.15, 0.2) is 24.3 Å². The maximum atomic E-state index is 12.9. The van der Waals surface area contributed by atoms with E-state index in [2.05, 4.69) is 24.3 Å². The molecular weight excluding hydrogens is 352 g/mol. The van der Waals surface area contributed by atoms with E-state index in [1.807, 2.05) is 9.80 Å². The van der Waals surface area contributed by atoms with Crippen LogP contribution in [-0.2, 0) is 22.4 Å². The van der Waals surface area contributed by atoms with E-state index in [1.165, 1.54) is 11.1 Å². The fourth-order valence-electron chi connectivity index (χ4n) is 4.00. The highest BCUT2D eigenvalue weighted by atomic mass is 32.2. The zero-order valence-corrected chi connectivity index (χ0v) is 16.0. The van der Waals surface area contributed by atoms with Crippen molar-refractivity contribution in [3.63, 3.8) is 0 Å². The number of nitrogens with zero attached hydrogens (tertiary/aromatic N) is 2. The molecule has 0 aromatic heterocycles. The monoisotopic (exact) mass is 376 g/mol. The van der Waals surface area contributed by atoms with Gasteiger partial charge in [-0.25, -0.2) is 0 Å². The minimum atomic E-state index is -0.243. The van der Waals surface area contributed by atoms with Crippen LogP contribution < -0.4 is 0 Å². The number of carbonyl (C=O) groups is 2. The molecule has 2 fully saturated rings. The van der Waals surface area contributed by atoms with Crippen LogP contribution in [0.1, 0.15) is 24.0 Å². The zero-order chi connectivity index (χ0) is 17.2. The maximum absolute atomic E-state index is 12.9. The molecule has 0 saturated carbocycles. The summed E-state index contributed by atoms with van der Waals surface area (Å²) in [6, 6.07) is 8.33. The summed E-state index contributed by atoms with van der Waals surface area (Å²) in [6.07, 6.45) is 3.71. The van der Waals surface area contributed by atoms with Crippen molar-refractivity contribution >= 4 is 35.3 Å². The van der Waals surface area contributed by atoms with Gasteiger partial charge in [0, 0.05) is 24.5 Å². The molecule has 1 aromatic rings. The van der Waals surface area contributed by atoms with Gasteiger partial charge in [-0.3, -0.25) is 9.59 Å². The van der Waals surface area contributed by atoms with Crippen LogP contribution in [0, 0.1) is 5.92 Å². The molecule has 2 heterocycles. The summed E-state index contributed by atoms with van der Waals surface area (Å²) in [5.74, 6) is 3.93. The number of carbonyl (C=O) groups excluding carboxylic acids is 2. The number of aryl methyl sites for hydroxylation is 1. The predicted molar refractivity (Wildman–Crippen MR) is 104 cm³/mol. The number of fused-ring (bicyclic) bond motifs is 1. The third kappa shape index (κ3) is 3.70. The second-order valence-electron chi connectivity index (χ2n) is 7.10. The molecular formula is C19H24N2O2S2. The molecule has 2 amide bonds. The lowest BCUT2D eigenvalue weighted by Gasteiger charge is -2.29. The fraction of sp³-hybridized carbons (Fsp3) is 0.579. The Hall–Kier alpha value is -1.14. The Morgan fingerprint density at radius 1 is 1.12 bits per heavy atom. The molecule has 6 heteroatoms. The highest BCUT2D eigenvalue weighted by Crippen LogP contribution is 2.30. The minimum Gasteiger partial charge on any atom is -0.331 e. The molecule has 25 heavy (non-hydrogen) atoms. The summed E-state index contributed by atoms with van der Waals surface area (Å²) in [5, 5.41) is 0. The lowest BCUT2D eigenvalue weighted by atomic mass is 9.82. The summed E-state index contributed by atoms with van der Waals surface area (Å²) in [5.41, 5.74) is 2.83. The van der Waals surface area contributed by atoms with Gasteiger partial charge in [-0.05, 0) is 36.3 Å². The Morgan fingerprint density at radius 3 is 2.76 bits per heavy atom. The van der Waals surface area contributed by atoms with Gasteiger partial charge in [-0.1, -0.05) is 24.3 Å². The van der Waals surface area contributed by atoms with Crippen molar-refractivity contribution in [2.45, 2.75) is 31.7 Å². The summed E-state index contributed by atoms with van der Waals surface area (Å²) in [4.78, 5) is 29.4. The molecule has 4 nitrogen and oxygen atoms in total. The smallest absolute Gasteiger partial charge is 0.246 e. The Morgan fingerprint density at radius 2 is 1.96 bits per heavy atom. The molecule has 0 N–H and O–H groups in total. The number of rotatable bonds is 3. The zero-order valence-electron chi connectivity index (χ0n) is 14.4. The second kappa shape index (κ2) is 7.62. The van der Waals surface area contributed by atoms with Gasteiger partial charge >= 0.3 is 0 Å². The van der Waals surface area contributed by atoms with Crippen LogP contribution >= 0.6 is 23.5 Å². The Bertz CT molecular complexity index is 661. The van der Waals surface area contributed by atoms with Crippen molar-refractivity contribution in [3.05, 3.63) is 35.4 Å². The van der Waals surface area contributed by atoms with E-state index in [-0.39, 0.29) is 17.9 Å². The van der Waals surface area contributed by atoms with Gasteiger partial charge in [0.05, 0.1) is 11.8 Å². The van der Waals surface area contributed by atoms with E-state index in [1.54, 1.807) is 23.5 Å². The van der Waals surface area contributed by atoms with Gasteiger partial charge in [0.15, 0.2) is 0 Å². The lowest BCUT2D eigenvalue weighted by Crippen LogP contribution is -2.48. The molecule has 0 unspecified atom stereocenters. The molecule has 0 spiro atoms. The molecule has 3 aliphatic rings. The van der Waals surface area contributed by atoms with Crippen LogP contribution in [0.5, 0.6) is 0 Å². The normalized spacial score (nSPS) is 25.9. The Kier molecular flexibility index (Phi) is 5.27. The highest BCUT2D eigenvalue weighted by molar-refractivity contribution is 7.99. The standard InChI is InChI=1S/C19H24N2O2S2/c22-18(10-14-5-6-15-3-1-2-4-16(15)9-14)21-13-25-11-17(21)19(23)20-7-8-24-12-20/h1-4,14,17H,5-13H2/t14-,17-/m0/s1. The first kappa shape index (κ1) is 17.3. The summed E-state index contributed by atoms with van der Waals surface area (Å²) in [7, 11) is 0. The molecule has 0 radical (unpaired) electrons. The quantitative estimate of drug-likeness (QED) is 0.813.